The highest BCUT2D eigenvalue weighted by atomic mass is 32.2. The van der Waals surface area contributed by atoms with Crippen LogP contribution in [-0.2, 0) is 21.4 Å². The molecule has 0 heterocycles. The smallest absolute Gasteiger partial charge is 0.247 e. The van der Waals surface area contributed by atoms with E-state index in [1.54, 1.807) is 55.5 Å². The van der Waals surface area contributed by atoms with Gasteiger partial charge in [0.05, 0.1) is 11.9 Å². The van der Waals surface area contributed by atoms with Crippen molar-refractivity contribution in [2.75, 3.05) is 15.9 Å². The van der Waals surface area contributed by atoms with Crippen LogP contribution < -0.4 is 19.1 Å². The molecule has 0 aromatic heterocycles. The van der Waals surface area contributed by atoms with Crippen LogP contribution in [0, 0.1) is 0 Å². The van der Waals surface area contributed by atoms with Gasteiger partial charge in [0.25, 0.3) is 0 Å². The van der Waals surface area contributed by atoms with Crippen molar-refractivity contribution in [1.82, 2.24) is 0 Å². The molecule has 1 atom stereocenters. The summed E-state index contributed by atoms with van der Waals surface area (Å²) in [5.74, 6) is 1.41. The average Bonchev–Trinajstić information content (AvgIpc) is 2.90. The maximum atomic E-state index is 13.0. The van der Waals surface area contributed by atoms with E-state index in [-0.39, 0.29) is 0 Å². The Morgan fingerprint density at radius 2 is 1.32 bits per heavy atom. The monoisotopic (exact) mass is 516 g/mol. The lowest BCUT2D eigenvalue weighted by Crippen LogP contribution is -2.45. The zero-order valence-electron chi connectivity index (χ0n) is 20.6. The number of hydrogen-bond acceptors (Lipinski definition) is 5. The first kappa shape index (κ1) is 25.8. The Balaban J connectivity index is 1.41. The number of rotatable bonds is 10. The molecule has 0 radical (unpaired) electrons. The lowest BCUT2D eigenvalue weighted by molar-refractivity contribution is -0.116. The maximum absolute atomic E-state index is 13.0. The second-order valence-corrected chi connectivity index (χ2v) is 10.3. The molecule has 4 aromatic carbocycles. The molecule has 1 N–H and O–H groups in total. The minimum absolute atomic E-state index is 0.357. The van der Waals surface area contributed by atoms with E-state index >= 15 is 0 Å². The van der Waals surface area contributed by atoms with Crippen molar-refractivity contribution >= 4 is 27.3 Å². The molecule has 0 saturated heterocycles. The molecule has 0 bridgehead atoms. The fraction of sp³-hybridized carbons (Fsp3) is 0.138. The Hall–Kier alpha value is -4.30. The molecule has 0 unspecified atom stereocenters. The second-order valence-electron chi connectivity index (χ2n) is 8.43. The minimum Gasteiger partial charge on any atom is -0.489 e. The van der Waals surface area contributed by atoms with Crippen LogP contribution in [0.25, 0.3) is 0 Å². The topological polar surface area (TPSA) is 84.9 Å². The molecule has 8 heteroatoms. The summed E-state index contributed by atoms with van der Waals surface area (Å²) in [5.41, 5.74) is 1.94. The molecule has 0 saturated carbocycles. The van der Waals surface area contributed by atoms with Crippen molar-refractivity contribution in [2.24, 2.45) is 0 Å². The quantitative estimate of drug-likeness (QED) is 0.286. The molecule has 190 valence electrons. The number of carbonyl (C=O) groups is 1. The third-order valence-corrected chi connectivity index (χ3v) is 6.77. The molecule has 0 aliphatic carbocycles. The van der Waals surface area contributed by atoms with E-state index in [4.69, 9.17) is 9.47 Å². The Morgan fingerprint density at radius 1 is 0.784 bits per heavy atom. The number of amides is 1. The van der Waals surface area contributed by atoms with Gasteiger partial charge in [-0.05, 0) is 73.2 Å². The predicted molar refractivity (Wildman–Crippen MR) is 146 cm³/mol. The molecule has 1 amide bonds. The Labute approximate surface area is 217 Å². The highest BCUT2D eigenvalue weighted by molar-refractivity contribution is 7.92. The van der Waals surface area contributed by atoms with Crippen LogP contribution >= 0.6 is 0 Å². The van der Waals surface area contributed by atoms with Gasteiger partial charge in [-0.3, -0.25) is 9.10 Å². The second kappa shape index (κ2) is 11.6. The van der Waals surface area contributed by atoms with Crippen LogP contribution in [-0.4, -0.2) is 26.6 Å². The van der Waals surface area contributed by atoms with Gasteiger partial charge in [0.2, 0.25) is 15.9 Å². The molecule has 37 heavy (non-hydrogen) atoms. The largest absolute Gasteiger partial charge is 0.489 e. The fourth-order valence-electron chi connectivity index (χ4n) is 3.72. The summed E-state index contributed by atoms with van der Waals surface area (Å²) < 4.78 is 37.9. The number of carbonyl (C=O) groups excluding carboxylic acids is 1. The van der Waals surface area contributed by atoms with Gasteiger partial charge in [0.1, 0.15) is 29.9 Å². The highest BCUT2D eigenvalue weighted by Gasteiger charge is 2.29. The molecule has 7 nitrogen and oxygen atoms in total. The van der Waals surface area contributed by atoms with Gasteiger partial charge in [-0.2, -0.15) is 0 Å². The van der Waals surface area contributed by atoms with Crippen LogP contribution in [0.2, 0.25) is 0 Å². The van der Waals surface area contributed by atoms with E-state index in [9.17, 15) is 13.2 Å². The van der Waals surface area contributed by atoms with E-state index in [1.807, 2.05) is 60.7 Å². The summed E-state index contributed by atoms with van der Waals surface area (Å²) in [6.07, 6.45) is 1.07. The van der Waals surface area contributed by atoms with Gasteiger partial charge < -0.3 is 14.8 Å². The third-order valence-electron chi connectivity index (χ3n) is 5.53. The number of para-hydroxylation sites is 1. The van der Waals surface area contributed by atoms with E-state index in [0.717, 1.165) is 16.1 Å². The lowest BCUT2D eigenvalue weighted by atomic mass is 10.2. The van der Waals surface area contributed by atoms with Crippen LogP contribution in [0.15, 0.2) is 109 Å². The molecular weight excluding hydrogens is 488 g/mol. The van der Waals surface area contributed by atoms with E-state index in [1.165, 1.54) is 0 Å². The number of sulfonamides is 1. The maximum Gasteiger partial charge on any atom is 0.247 e. The Morgan fingerprint density at radius 3 is 1.92 bits per heavy atom. The van der Waals surface area contributed by atoms with Gasteiger partial charge >= 0.3 is 0 Å². The first-order valence-corrected chi connectivity index (χ1v) is 13.5. The van der Waals surface area contributed by atoms with E-state index < -0.39 is 22.0 Å². The fourth-order valence-corrected chi connectivity index (χ4v) is 4.89. The Kier molecular flexibility index (Phi) is 8.10. The molecule has 0 spiro atoms. The first-order chi connectivity index (χ1) is 17.8. The number of nitrogens with one attached hydrogen (secondary N) is 1. The molecule has 4 aromatic rings. The summed E-state index contributed by atoms with van der Waals surface area (Å²) in [4.78, 5) is 13.0. The van der Waals surface area contributed by atoms with Gasteiger partial charge in [-0.1, -0.05) is 48.5 Å². The van der Waals surface area contributed by atoms with Gasteiger partial charge in [0, 0.05) is 5.69 Å². The Bertz CT molecular complexity index is 1410. The molecule has 4 rings (SSSR count). The number of benzene rings is 4. The molecule has 0 aliphatic rings. The van der Waals surface area contributed by atoms with Crippen molar-refractivity contribution in [1.29, 1.82) is 0 Å². The van der Waals surface area contributed by atoms with Crippen molar-refractivity contribution in [3.63, 3.8) is 0 Å². The molecule has 0 aliphatic heterocycles. The van der Waals surface area contributed by atoms with Crippen molar-refractivity contribution in [3.05, 3.63) is 115 Å². The zero-order valence-corrected chi connectivity index (χ0v) is 21.4. The summed E-state index contributed by atoms with van der Waals surface area (Å²) in [6, 6.07) is 31.6. The minimum atomic E-state index is -3.75. The SMILES string of the molecule is C[C@@H](C(=O)Nc1ccc(OCc2ccccc2)cc1)N(c1ccc(Oc2ccccc2)cc1)S(C)(=O)=O. The van der Waals surface area contributed by atoms with Crippen LogP contribution in [0.5, 0.6) is 17.2 Å². The number of anilines is 2. The predicted octanol–water partition coefficient (Wildman–Crippen LogP) is 5.85. The standard InChI is InChI=1S/C29H28N2O5S/c1-22(29(32)30-24-13-17-26(18-14-24)35-21-23-9-5-3-6-10-23)31(37(2,33)34)25-15-19-28(20-16-25)36-27-11-7-4-8-12-27/h3-20,22H,21H2,1-2H3,(H,30,32)/t22-/m0/s1. The average molecular weight is 517 g/mol. The summed E-state index contributed by atoms with van der Waals surface area (Å²) in [7, 11) is -3.75. The zero-order chi connectivity index (χ0) is 26.3. The van der Waals surface area contributed by atoms with Gasteiger partial charge in [-0.15, -0.1) is 0 Å². The summed E-state index contributed by atoms with van der Waals surface area (Å²) in [5, 5.41) is 2.78. The van der Waals surface area contributed by atoms with Crippen molar-refractivity contribution < 1.29 is 22.7 Å². The third kappa shape index (κ3) is 7.11. The number of hydrogen-bond donors (Lipinski definition) is 1. The summed E-state index contributed by atoms with van der Waals surface area (Å²) in [6.45, 7) is 1.98. The lowest BCUT2D eigenvalue weighted by Gasteiger charge is -2.28. The van der Waals surface area contributed by atoms with Crippen LogP contribution in [0.3, 0.4) is 0 Å². The van der Waals surface area contributed by atoms with Crippen molar-refractivity contribution in [2.45, 2.75) is 19.6 Å². The van der Waals surface area contributed by atoms with Crippen molar-refractivity contribution in [3.8, 4) is 17.2 Å². The van der Waals surface area contributed by atoms with Crippen LogP contribution in [0.4, 0.5) is 11.4 Å². The van der Waals surface area contributed by atoms with Crippen LogP contribution in [0.1, 0.15) is 12.5 Å². The highest BCUT2D eigenvalue weighted by Crippen LogP contribution is 2.27. The first-order valence-electron chi connectivity index (χ1n) is 11.7. The normalized spacial score (nSPS) is 11.8. The van der Waals surface area contributed by atoms with E-state index in [0.29, 0.717) is 35.2 Å². The van der Waals surface area contributed by atoms with Gasteiger partial charge in [-0.25, -0.2) is 8.42 Å². The van der Waals surface area contributed by atoms with Gasteiger partial charge in [0.15, 0.2) is 0 Å². The number of ether oxygens (including phenoxy) is 2. The van der Waals surface area contributed by atoms with E-state index in [2.05, 4.69) is 5.32 Å². The molecule has 0 fully saturated rings. The number of nitrogens with zero attached hydrogens (tertiary/aromatic N) is 1. The summed E-state index contributed by atoms with van der Waals surface area (Å²) >= 11 is 0. The molecular formula is C29H28N2O5S.